The number of likely N-dealkylation sites (N-methyl/N-ethyl adjacent to an activating group) is 1. The van der Waals surface area contributed by atoms with E-state index in [-0.39, 0.29) is 11.4 Å². The van der Waals surface area contributed by atoms with Crippen molar-refractivity contribution in [2.24, 2.45) is 0 Å². The lowest BCUT2D eigenvalue weighted by Gasteiger charge is -2.44. The smallest absolute Gasteiger partial charge is 0.250 e. The van der Waals surface area contributed by atoms with E-state index in [2.05, 4.69) is 49.3 Å². The van der Waals surface area contributed by atoms with Gasteiger partial charge in [0.1, 0.15) is 0 Å². The molecule has 0 saturated heterocycles. The summed E-state index contributed by atoms with van der Waals surface area (Å²) in [5.74, 6) is -0.102. The summed E-state index contributed by atoms with van der Waals surface area (Å²) in [6.45, 7) is 6.42. The summed E-state index contributed by atoms with van der Waals surface area (Å²) in [5.41, 5.74) is 5.31. The van der Waals surface area contributed by atoms with Crippen molar-refractivity contribution in [3.8, 4) is 0 Å². The van der Waals surface area contributed by atoms with Crippen LogP contribution in [0.5, 0.6) is 0 Å². The summed E-state index contributed by atoms with van der Waals surface area (Å²) in [6, 6.07) is 16.2. The van der Waals surface area contributed by atoms with Gasteiger partial charge in [-0.15, -0.1) is 0 Å². The minimum absolute atomic E-state index is 0.0240. The van der Waals surface area contributed by atoms with Crippen molar-refractivity contribution in [2.75, 3.05) is 12.4 Å². The molecule has 0 saturated carbocycles. The maximum absolute atomic E-state index is 12.5. The van der Waals surface area contributed by atoms with Gasteiger partial charge in [0.15, 0.2) is 0 Å². The van der Waals surface area contributed by atoms with Crippen LogP contribution in [0.15, 0.2) is 54.6 Å². The van der Waals surface area contributed by atoms with Crippen LogP contribution in [0.4, 0.5) is 5.69 Å². The van der Waals surface area contributed by atoms with E-state index >= 15 is 0 Å². The van der Waals surface area contributed by atoms with Gasteiger partial charge >= 0.3 is 0 Å². The number of benzene rings is 2. The largest absolute Gasteiger partial charge is 0.368 e. The maximum atomic E-state index is 12.5. The molecule has 0 fully saturated rings. The van der Waals surface area contributed by atoms with E-state index in [1.165, 1.54) is 5.56 Å². The molecule has 0 aromatic heterocycles. The fraction of sp³-hybridized carbons (Fsp3) is 0.286. The number of anilines is 1. The number of aryl methyl sites for hydroxylation is 1. The summed E-state index contributed by atoms with van der Waals surface area (Å²) in [6.07, 6.45) is 2.68. The molecule has 124 valence electrons. The Kier molecular flexibility index (Phi) is 4.18. The normalized spacial score (nSPS) is 17.5. The van der Waals surface area contributed by atoms with Crippen LogP contribution >= 0.6 is 0 Å². The zero-order valence-electron chi connectivity index (χ0n) is 14.8. The minimum Gasteiger partial charge on any atom is -0.368 e. The van der Waals surface area contributed by atoms with E-state index in [0.717, 1.165) is 28.9 Å². The van der Waals surface area contributed by atoms with Crippen LogP contribution in [0, 0.1) is 6.92 Å². The number of nitrogens with zero attached hydrogens (tertiary/aromatic N) is 1. The predicted molar refractivity (Wildman–Crippen MR) is 99.8 cm³/mol. The zero-order chi connectivity index (χ0) is 17.3. The lowest BCUT2D eigenvalue weighted by Crippen LogP contribution is -2.45. The molecule has 3 heteroatoms. The Labute approximate surface area is 144 Å². The average Bonchev–Trinajstić information content (AvgIpc) is 2.51. The lowest BCUT2D eigenvalue weighted by atomic mass is 9.84. The number of carbonyl (C=O) groups is 1. The van der Waals surface area contributed by atoms with Gasteiger partial charge in [-0.25, -0.2) is 0 Å². The molecule has 3 rings (SSSR count). The summed E-state index contributed by atoms with van der Waals surface area (Å²) >= 11 is 0. The molecule has 0 atom stereocenters. The fourth-order valence-corrected chi connectivity index (χ4v) is 3.22. The Morgan fingerprint density at radius 3 is 2.67 bits per heavy atom. The summed E-state index contributed by atoms with van der Waals surface area (Å²) in [7, 11) is 2.06. The highest BCUT2D eigenvalue weighted by atomic mass is 16.1. The monoisotopic (exact) mass is 320 g/mol. The molecule has 0 unspecified atom stereocenters. The van der Waals surface area contributed by atoms with Crippen molar-refractivity contribution in [3.05, 3.63) is 71.3 Å². The van der Waals surface area contributed by atoms with Crippen LogP contribution in [0.1, 0.15) is 30.5 Å². The fourth-order valence-electron chi connectivity index (χ4n) is 3.22. The summed E-state index contributed by atoms with van der Waals surface area (Å²) < 4.78 is 0. The third-order valence-corrected chi connectivity index (χ3v) is 4.74. The van der Waals surface area contributed by atoms with Crippen LogP contribution < -0.4 is 5.32 Å². The Hall–Kier alpha value is -2.55. The van der Waals surface area contributed by atoms with Crippen LogP contribution in [0.25, 0.3) is 5.70 Å². The van der Waals surface area contributed by atoms with Crippen LogP contribution in [-0.4, -0.2) is 23.4 Å². The van der Waals surface area contributed by atoms with E-state index < -0.39 is 0 Å². The van der Waals surface area contributed by atoms with Gasteiger partial charge in [0.2, 0.25) is 5.91 Å². The minimum atomic E-state index is -0.102. The number of fused-ring (bicyclic) bond motifs is 1. The molecular formula is C21H24N2O. The molecule has 1 aliphatic heterocycles. The molecule has 24 heavy (non-hydrogen) atoms. The van der Waals surface area contributed by atoms with Crippen molar-refractivity contribution >= 4 is 17.3 Å². The maximum Gasteiger partial charge on any atom is 0.250 e. The Bertz CT molecular complexity index is 805. The van der Waals surface area contributed by atoms with Gasteiger partial charge in [0.25, 0.3) is 0 Å². The van der Waals surface area contributed by atoms with E-state index in [9.17, 15) is 4.79 Å². The molecule has 2 aromatic carbocycles. The van der Waals surface area contributed by atoms with Crippen molar-refractivity contribution in [1.82, 2.24) is 4.90 Å². The van der Waals surface area contributed by atoms with Crippen molar-refractivity contribution in [2.45, 2.75) is 32.7 Å². The summed E-state index contributed by atoms with van der Waals surface area (Å²) in [5, 5.41) is 2.97. The van der Waals surface area contributed by atoms with Gasteiger partial charge in [0.05, 0.1) is 0 Å². The molecular weight excluding hydrogens is 296 g/mol. The zero-order valence-corrected chi connectivity index (χ0v) is 14.8. The third-order valence-electron chi connectivity index (χ3n) is 4.74. The van der Waals surface area contributed by atoms with E-state index in [1.807, 2.05) is 37.3 Å². The number of rotatable bonds is 2. The molecule has 1 amide bonds. The second-order valence-corrected chi connectivity index (χ2v) is 7.09. The highest BCUT2D eigenvalue weighted by molar-refractivity contribution is 6.04. The highest BCUT2D eigenvalue weighted by Crippen LogP contribution is 2.36. The molecule has 0 aliphatic carbocycles. The van der Waals surface area contributed by atoms with Gasteiger partial charge in [-0.3, -0.25) is 4.79 Å². The standard InChI is InChI=1S/C21H24N2O/c1-15-8-7-10-17(12-15)22-20(24)13-19-18-11-6-5-9-16(18)14-21(2,3)23(19)4/h5-13H,14H2,1-4H3,(H,22,24). The third kappa shape index (κ3) is 3.21. The molecule has 0 bridgehead atoms. The van der Waals surface area contributed by atoms with Crippen molar-refractivity contribution in [1.29, 1.82) is 0 Å². The van der Waals surface area contributed by atoms with Crippen molar-refractivity contribution < 1.29 is 4.79 Å². The number of hydrogen-bond donors (Lipinski definition) is 1. The quantitative estimate of drug-likeness (QED) is 0.839. The van der Waals surface area contributed by atoms with E-state index in [4.69, 9.17) is 0 Å². The molecule has 0 spiro atoms. The van der Waals surface area contributed by atoms with Gasteiger partial charge in [0, 0.05) is 35.6 Å². The second-order valence-electron chi connectivity index (χ2n) is 7.09. The first-order valence-electron chi connectivity index (χ1n) is 8.28. The SMILES string of the molecule is Cc1cccc(NC(=O)C=C2c3ccccc3CC(C)(C)N2C)c1. The summed E-state index contributed by atoms with van der Waals surface area (Å²) in [4.78, 5) is 14.7. The topological polar surface area (TPSA) is 32.3 Å². The van der Waals surface area contributed by atoms with Crippen LogP contribution in [-0.2, 0) is 11.2 Å². The van der Waals surface area contributed by atoms with Crippen molar-refractivity contribution in [3.63, 3.8) is 0 Å². The molecule has 2 aromatic rings. The number of amides is 1. The Morgan fingerprint density at radius 2 is 1.92 bits per heavy atom. The predicted octanol–water partition coefficient (Wildman–Crippen LogP) is 4.24. The molecule has 1 N–H and O–H groups in total. The number of carbonyl (C=O) groups excluding carboxylic acids is 1. The first-order chi connectivity index (χ1) is 11.4. The Balaban J connectivity index is 1.94. The van der Waals surface area contributed by atoms with E-state index in [0.29, 0.717) is 0 Å². The van der Waals surface area contributed by atoms with Gasteiger partial charge in [-0.2, -0.15) is 0 Å². The number of hydrogen-bond acceptors (Lipinski definition) is 2. The number of nitrogens with one attached hydrogen (secondary N) is 1. The van der Waals surface area contributed by atoms with Gasteiger partial charge in [-0.1, -0.05) is 36.4 Å². The molecule has 0 radical (unpaired) electrons. The molecule has 1 aliphatic rings. The van der Waals surface area contributed by atoms with E-state index in [1.54, 1.807) is 6.08 Å². The Morgan fingerprint density at radius 1 is 1.17 bits per heavy atom. The average molecular weight is 320 g/mol. The van der Waals surface area contributed by atoms with Crippen LogP contribution in [0.3, 0.4) is 0 Å². The van der Waals surface area contributed by atoms with Gasteiger partial charge in [-0.05, 0) is 50.5 Å². The molecule has 3 nitrogen and oxygen atoms in total. The van der Waals surface area contributed by atoms with Gasteiger partial charge < -0.3 is 10.2 Å². The first kappa shape index (κ1) is 16.3. The molecule has 1 heterocycles. The highest BCUT2D eigenvalue weighted by Gasteiger charge is 2.33. The second kappa shape index (κ2) is 6.16. The first-order valence-corrected chi connectivity index (χ1v) is 8.28. The van der Waals surface area contributed by atoms with Crippen LogP contribution in [0.2, 0.25) is 0 Å². The lowest BCUT2D eigenvalue weighted by molar-refractivity contribution is -0.111.